The summed E-state index contributed by atoms with van der Waals surface area (Å²) in [6.45, 7) is 3.33. The summed E-state index contributed by atoms with van der Waals surface area (Å²) in [5.74, 6) is -1.11. The number of amides is 1. The summed E-state index contributed by atoms with van der Waals surface area (Å²) < 4.78 is 17.9. The monoisotopic (exact) mass is 251 g/mol. The summed E-state index contributed by atoms with van der Waals surface area (Å²) in [5.41, 5.74) is -0.502. The van der Waals surface area contributed by atoms with E-state index in [9.17, 15) is 14.0 Å². The van der Waals surface area contributed by atoms with Crippen LogP contribution in [0.2, 0.25) is 0 Å². The molecule has 5 heteroatoms. The van der Waals surface area contributed by atoms with Gasteiger partial charge in [0.2, 0.25) is 0 Å². The number of anilines is 1. The number of hydrogen-bond acceptors (Lipinski definition) is 3. The van der Waals surface area contributed by atoms with Crippen LogP contribution in [0.1, 0.15) is 20.3 Å². The van der Waals surface area contributed by atoms with E-state index >= 15 is 0 Å². The lowest BCUT2D eigenvalue weighted by atomic mass is 10.1. The van der Waals surface area contributed by atoms with Crippen LogP contribution in [0, 0.1) is 5.82 Å². The maximum atomic E-state index is 12.8. The van der Waals surface area contributed by atoms with Crippen LogP contribution in [0.3, 0.4) is 0 Å². The van der Waals surface area contributed by atoms with Gasteiger partial charge in [-0.25, -0.2) is 4.39 Å². The molecule has 2 rings (SSSR count). The fourth-order valence-electron chi connectivity index (χ4n) is 2.10. The molecule has 1 unspecified atom stereocenters. The van der Waals surface area contributed by atoms with Crippen LogP contribution in [0.5, 0.6) is 0 Å². The Morgan fingerprint density at radius 2 is 2.00 bits per heavy atom. The summed E-state index contributed by atoms with van der Waals surface area (Å²) in [7, 11) is 0. The first-order valence-corrected chi connectivity index (χ1v) is 5.69. The van der Waals surface area contributed by atoms with E-state index in [4.69, 9.17) is 4.74 Å². The third-order valence-corrected chi connectivity index (χ3v) is 3.02. The molecule has 0 aromatic heterocycles. The molecular weight excluding hydrogens is 237 g/mol. The fourth-order valence-corrected chi connectivity index (χ4v) is 2.10. The third-order valence-electron chi connectivity index (χ3n) is 3.02. The zero-order chi connectivity index (χ0) is 13.3. The number of hydrogen-bond donors (Lipinski definition) is 0. The van der Waals surface area contributed by atoms with Crippen molar-refractivity contribution in [3.8, 4) is 0 Å². The summed E-state index contributed by atoms with van der Waals surface area (Å²) in [6, 6.07) is 5.66. The number of esters is 1. The van der Waals surface area contributed by atoms with Crippen LogP contribution in [0.15, 0.2) is 24.3 Å². The van der Waals surface area contributed by atoms with E-state index < -0.39 is 11.6 Å². The number of carbonyl (C=O) groups excluding carboxylic acids is 2. The molecule has 1 heterocycles. The molecule has 0 radical (unpaired) electrons. The van der Waals surface area contributed by atoms with Gasteiger partial charge in [0.1, 0.15) is 5.82 Å². The number of nitrogens with zero attached hydrogens (tertiary/aromatic N) is 1. The van der Waals surface area contributed by atoms with Gasteiger partial charge in [-0.15, -0.1) is 0 Å². The van der Waals surface area contributed by atoms with Crippen LogP contribution in [0.4, 0.5) is 10.1 Å². The Labute approximate surface area is 104 Å². The highest BCUT2D eigenvalue weighted by Gasteiger charge is 2.46. The van der Waals surface area contributed by atoms with Gasteiger partial charge in [-0.05, 0) is 31.2 Å². The minimum atomic E-state index is -1.11. The molecule has 1 aliphatic rings. The van der Waals surface area contributed by atoms with Gasteiger partial charge < -0.3 is 9.64 Å². The predicted octanol–water partition coefficient (Wildman–Crippen LogP) is 1.88. The van der Waals surface area contributed by atoms with Crippen molar-refractivity contribution >= 4 is 17.6 Å². The van der Waals surface area contributed by atoms with Crippen LogP contribution in [-0.2, 0) is 14.3 Å². The Kier molecular flexibility index (Phi) is 3.07. The molecule has 1 aromatic rings. The fraction of sp³-hybridized carbons (Fsp3) is 0.385. The Hall–Kier alpha value is -1.91. The van der Waals surface area contributed by atoms with Crippen molar-refractivity contribution in [1.82, 2.24) is 0 Å². The van der Waals surface area contributed by atoms with E-state index in [1.807, 2.05) is 0 Å². The largest absolute Gasteiger partial charge is 0.449 e. The molecule has 1 aromatic carbocycles. The highest BCUT2D eigenvalue weighted by molar-refractivity contribution is 6.02. The van der Waals surface area contributed by atoms with Crippen molar-refractivity contribution in [2.45, 2.75) is 25.9 Å². The summed E-state index contributed by atoms with van der Waals surface area (Å²) in [6.07, 6.45) is 0.433. The third kappa shape index (κ3) is 2.20. The van der Waals surface area contributed by atoms with Crippen molar-refractivity contribution in [2.24, 2.45) is 0 Å². The quantitative estimate of drug-likeness (QED) is 0.754. The van der Waals surface area contributed by atoms with E-state index in [1.165, 1.54) is 36.1 Å². The van der Waals surface area contributed by atoms with Crippen LogP contribution >= 0.6 is 0 Å². The van der Waals surface area contributed by atoms with Gasteiger partial charge in [-0.3, -0.25) is 9.59 Å². The Balaban J connectivity index is 2.21. The Morgan fingerprint density at radius 1 is 1.39 bits per heavy atom. The molecule has 1 atom stereocenters. The molecule has 1 saturated heterocycles. The van der Waals surface area contributed by atoms with Gasteiger partial charge >= 0.3 is 5.97 Å². The van der Waals surface area contributed by atoms with E-state index in [0.29, 0.717) is 18.7 Å². The number of ether oxygens (including phenoxy) is 1. The summed E-state index contributed by atoms with van der Waals surface area (Å²) in [4.78, 5) is 24.7. The van der Waals surface area contributed by atoms with Crippen molar-refractivity contribution in [3.63, 3.8) is 0 Å². The highest BCUT2D eigenvalue weighted by atomic mass is 19.1. The summed E-state index contributed by atoms with van der Waals surface area (Å²) >= 11 is 0. The molecule has 0 saturated carbocycles. The lowest BCUT2D eigenvalue weighted by molar-refractivity contribution is -0.161. The second-order valence-corrected chi connectivity index (χ2v) is 4.51. The first kappa shape index (κ1) is 12.5. The number of halogens is 1. The average Bonchev–Trinajstić information content (AvgIpc) is 2.56. The molecule has 4 nitrogen and oxygen atoms in total. The molecule has 0 spiro atoms. The molecule has 96 valence electrons. The maximum Gasteiger partial charge on any atom is 0.303 e. The lowest BCUT2D eigenvalue weighted by Gasteiger charge is -2.23. The van der Waals surface area contributed by atoms with Gasteiger partial charge in [0.15, 0.2) is 5.60 Å². The van der Waals surface area contributed by atoms with Crippen LogP contribution in [-0.4, -0.2) is 24.0 Å². The molecular formula is C13H14FNO3. The second-order valence-electron chi connectivity index (χ2n) is 4.51. The lowest BCUT2D eigenvalue weighted by Crippen LogP contribution is -2.41. The normalized spacial score (nSPS) is 23.3. The SMILES string of the molecule is CC(=O)OC1(C)CCN(c2ccc(F)cc2)C1=O. The van der Waals surface area contributed by atoms with Gasteiger partial charge in [0, 0.05) is 25.6 Å². The Bertz CT molecular complexity index is 486. The molecule has 0 N–H and O–H groups in total. The van der Waals surface area contributed by atoms with Crippen molar-refractivity contribution in [1.29, 1.82) is 0 Å². The minimum absolute atomic E-state index is 0.274. The van der Waals surface area contributed by atoms with E-state index in [2.05, 4.69) is 0 Å². The van der Waals surface area contributed by atoms with Gasteiger partial charge in [-0.1, -0.05) is 0 Å². The average molecular weight is 251 g/mol. The van der Waals surface area contributed by atoms with E-state index in [-0.39, 0.29) is 11.7 Å². The zero-order valence-electron chi connectivity index (χ0n) is 10.3. The molecule has 1 fully saturated rings. The zero-order valence-corrected chi connectivity index (χ0v) is 10.3. The molecule has 0 aliphatic carbocycles. The molecule has 1 amide bonds. The molecule has 18 heavy (non-hydrogen) atoms. The summed E-state index contributed by atoms with van der Waals surface area (Å²) in [5, 5.41) is 0. The van der Waals surface area contributed by atoms with Crippen molar-refractivity contribution in [3.05, 3.63) is 30.1 Å². The van der Waals surface area contributed by atoms with Gasteiger partial charge in [0.05, 0.1) is 0 Å². The van der Waals surface area contributed by atoms with E-state index in [1.54, 1.807) is 6.92 Å². The van der Waals surface area contributed by atoms with Crippen LogP contribution in [0.25, 0.3) is 0 Å². The predicted molar refractivity (Wildman–Crippen MR) is 63.5 cm³/mol. The topological polar surface area (TPSA) is 46.6 Å². The Morgan fingerprint density at radius 3 is 2.56 bits per heavy atom. The number of rotatable bonds is 2. The first-order valence-electron chi connectivity index (χ1n) is 5.69. The molecule has 0 bridgehead atoms. The van der Waals surface area contributed by atoms with Crippen LogP contribution < -0.4 is 4.90 Å². The van der Waals surface area contributed by atoms with Crippen molar-refractivity contribution in [2.75, 3.05) is 11.4 Å². The highest BCUT2D eigenvalue weighted by Crippen LogP contribution is 2.30. The van der Waals surface area contributed by atoms with Gasteiger partial charge in [-0.2, -0.15) is 0 Å². The van der Waals surface area contributed by atoms with Crippen molar-refractivity contribution < 1.29 is 18.7 Å². The van der Waals surface area contributed by atoms with Gasteiger partial charge in [0.25, 0.3) is 5.91 Å². The minimum Gasteiger partial charge on any atom is -0.449 e. The standard InChI is InChI=1S/C13H14FNO3/c1-9(16)18-13(2)7-8-15(12(13)17)11-5-3-10(14)4-6-11/h3-6H,7-8H2,1-2H3. The maximum absolute atomic E-state index is 12.8. The van der Waals surface area contributed by atoms with E-state index in [0.717, 1.165) is 0 Å². The smallest absolute Gasteiger partial charge is 0.303 e. The second kappa shape index (κ2) is 4.40. The number of benzene rings is 1. The first-order chi connectivity index (χ1) is 8.42. The number of carbonyl (C=O) groups is 2. The molecule has 1 aliphatic heterocycles.